The molecule has 10 nitrogen and oxygen atoms in total. The molecule has 4 aromatic rings. The molecule has 3 amide bonds. The second-order valence-corrected chi connectivity index (χ2v) is 13.1. The number of nitrogens with zero attached hydrogens (tertiary/aromatic N) is 3. The summed E-state index contributed by atoms with van der Waals surface area (Å²) in [6.45, 7) is -0.180. The zero-order valence-corrected chi connectivity index (χ0v) is 25.1. The number of amides is 3. The number of carbonyl (C=O) groups excluding carboxylic acids is 2. The normalized spacial score (nSPS) is 16.3. The van der Waals surface area contributed by atoms with E-state index in [1.54, 1.807) is 60.0 Å². The van der Waals surface area contributed by atoms with Crippen LogP contribution in [0.15, 0.2) is 107 Å². The Bertz CT molecular complexity index is 1620. The number of carbonyl (C=O) groups is 2. The molecule has 1 fully saturated rings. The first-order valence-electron chi connectivity index (χ1n) is 13.6. The van der Waals surface area contributed by atoms with Gasteiger partial charge in [-0.25, -0.2) is 13.2 Å². The van der Waals surface area contributed by atoms with E-state index >= 15 is 0 Å². The van der Waals surface area contributed by atoms with Gasteiger partial charge < -0.3 is 25.0 Å². The number of para-hydroxylation sites is 1. The molecule has 1 aliphatic heterocycles. The average Bonchev–Trinajstić information content (AvgIpc) is 3.59. The monoisotopic (exact) mass is 620 g/mol. The Balaban J connectivity index is 1.30. The predicted octanol–water partition coefficient (Wildman–Crippen LogP) is 4.64. The number of anilines is 1. The molecule has 2 atom stereocenters. The molecule has 12 heteroatoms. The van der Waals surface area contributed by atoms with Crippen molar-refractivity contribution in [3.8, 4) is 11.5 Å². The highest BCUT2D eigenvalue weighted by molar-refractivity contribution is 7.91. The highest BCUT2D eigenvalue weighted by Crippen LogP contribution is 2.27. The number of rotatable bonds is 9. The maximum absolute atomic E-state index is 13.7. The van der Waals surface area contributed by atoms with E-state index in [-0.39, 0.29) is 30.4 Å². The van der Waals surface area contributed by atoms with Gasteiger partial charge in [0.1, 0.15) is 21.8 Å². The molecule has 0 saturated carbocycles. The van der Waals surface area contributed by atoms with E-state index in [0.29, 0.717) is 22.7 Å². The van der Waals surface area contributed by atoms with Crippen molar-refractivity contribution >= 4 is 39.0 Å². The van der Waals surface area contributed by atoms with Gasteiger partial charge in [-0.15, -0.1) is 11.3 Å². The molecule has 1 aromatic heterocycles. The van der Waals surface area contributed by atoms with Crippen LogP contribution < -0.4 is 10.1 Å². The molecule has 5 rings (SSSR count). The third-order valence-electron chi connectivity index (χ3n) is 7.05. The summed E-state index contributed by atoms with van der Waals surface area (Å²) >= 11 is 1.07. The molecule has 2 unspecified atom stereocenters. The molecule has 0 spiro atoms. The zero-order valence-electron chi connectivity index (χ0n) is 23.4. The Hall–Kier alpha value is -4.23. The van der Waals surface area contributed by atoms with Crippen LogP contribution in [0.5, 0.6) is 11.5 Å². The molecule has 3 aromatic carbocycles. The van der Waals surface area contributed by atoms with Gasteiger partial charge in [0.25, 0.3) is 10.0 Å². The van der Waals surface area contributed by atoms with Gasteiger partial charge in [0.15, 0.2) is 0 Å². The SMILES string of the molecule is CN(CC(O)c1ccccc1)C(=O)C1CN(C(=O)Nc2ccc(Oc3ccccc3)cc2)CCN1S(=O)(=O)c1cccs1. The molecule has 2 N–H and O–H groups in total. The second-order valence-electron chi connectivity index (χ2n) is 10.0. The lowest BCUT2D eigenvalue weighted by Gasteiger charge is -2.40. The van der Waals surface area contributed by atoms with E-state index in [9.17, 15) is 23.1 Å². The number of aliphatic hydroxyl groups is 1. The van der Waals surface area contributed by atoms with E-state index in [0.717, 1.165) is 15.6 Å². The maximum Gasteiger partial charge on any atom is 0.321 e. The lowest BCUT2D eigenvalue weighted by Crippen LogP contribution is -2.62. The number of sulfonamides is 1. The molecule has 0 bridgehead atoms. The summed E-state index contributed by atoms with van der Waals surface area (Å²) in [6, 6.07) is 26.6. The van der Waals surface area contributed by atoms with Crippen LogP contribution in [0.4, 0.5) is 10.5 Å². The standard InChI is InChI=1S/C31H32N4O6S2/c1-33(22-28(36)23-9-4-2-5-10-23)30(37)27-21-34(18-19-35(27)43(39,40)29-13-8-20-42-29)31(38)32-24-14-16-26(17-15-24)41-25-11-6-3-7-12-25/h2-17,20,27-28,36H,18-19,21-22H2,1H3,(H,32,38). The highest BCUT2D eigenvalue weighted by atomic mass is 32.2. The number of thiophene rings is 1. The van der Waals surface area contributed by atoms with E-state index in [1.165, 1.54) is 22.9 Å². The van der Waals surface area contributed by atoms with Gasteiger partial charge in [0.2, 0.25) is 5.91 Å². The fourth-order valence-electron chi connectivity index (χ4n) is 4.78. The van der Waals surface area contributed by atoms with Crippen molar-refractivity contribution < 1.29 is 27.9 Å². The van der Waals surface area contributed by atoms with Crippen molar-refractivity contribution in [2.75, 3.05) is 38.5 Å². The van der Waals surface area contributed by atoms with Crippen LogP contribution in [-0.2, 0) is 14.8 Å². The minimum atomic E-state index is -4.00. The quantitative estimate of drug-likeness (QED) is 0.282. The van der Waals surface area contributed by atoms with Crippen molar-refractivity contribution in [3.05, 3.63) is 108 Å². The Kier molecular flexibility index (Phi) is 9.41. The van der Waals surface area contributed by atoms with Gasteiger partial charge in [0.05, 0.1) is 12.6 Å². The molecular weight excluding hydrogens is 588 g/mol. The van der Waals surface area contributed by atoms with Crippen LogP contribution in [0.25, 0.3) is 0 Å². The van der Waals surface area contributed by atoms with Crippen molar-refractivity contribution in [1.82, 2.24) is 14.1 Å². The van der Waals surface area contributed by atoms with Crippen LogP contribution in [0, 0.1) is 0 Å². The van der Waals surface area contributed by atoms with Gasteiger partial charge in [-0.3, -0.25) is 4.79 Å². The number of ether oxygens (including phenoxy) is 1. The fraction of sp³-hybridized carbons (Fsp3) is 0.226. The number of aliphatic hydroxyl groups excluding tert-OH is 1. The molecule has 224 valence electrons. The van der Waals surface area contributed by atoms with Crippen LogP contribution in [0.2, 0.25) is 0 Å². The number of piperazine rings is 1. The minimum absolute atomic E-state index is 0.0458. The maximum atomic E-state index is 13.7. The summed E-state index contributed by atoms with van der Waals surface area (Å²) < 4.78 is 34.2. The number of hydrogen-bond donors (Lipinski definition) is 2. The van der Waals surface area contributed by atoms with Crippen molar-refractivity contribution in [1.29, 1.82) is 0 Å². The summed E-state index contributed by atoms with van der Waals surface area (Å²) in [4.78, 5) is 29.8. The number of benzene rings is 3. The summed E-state index contributed by atoms with van der Waals surface area (Å²) in [7, 11) is -2.48. The van der Waals surface area contributed by atoms with Gasteiger partial charge in [-0.1, -0.05) is 54.6 Å². The molecule has 0 radical (unpaired) electrons. The van der Waals surface area contributed by atoms with Gasteiger partial charge in [-0.05, 0) is 53.4 Å². The van der Waals surface area contributed by atoms with Crippen LogP contribution in [0.3, 0.4) is 0 Å². The Morgan fingerprint density at radius 2 is 1.60 bits per heavy atom. The average molecular weight is 621 g/mol. The van der Waals surface area contributed by atoms with E-state index < -0.39 is 34.1 Å². The first kappa shape index (κ1) is 30.2. The number of urea groups is 1. The Morgan fingerprint density at radius 3 is 2.26 bits per heavy atom. The van der Waals surface area contributed by atoms with Crippen molar-refractivity contribution in [3.63, 3.8) is 0 Å². The smallest absolute Gasteiger partial charge is 0.321 e. The van der Waals surface area contributed by atoms with Crippen LogP contribution >= 0.6 is 11.3 Å². The molecule has 1 saturated heterocycles. The molecule has 2 heterocycles. The topological polar surface area (TPSA) is 119 Å². The van der Waals surface area contributed by atoms with Gasteiger partial charge in [-0.2, -0.15) is 4.31 Å². The summed E-state index contributed by atoms with van der Waals surface area (Å²) in [6.07, 6.45) is -0.964. The minimum Gasteiger partial charge on any atom is -0.457 e. The van der Waals surface area contributed by atoms with Gasteiger partial charge in [0, 0.05) is 32.4 Å². The van der Waals surface area contributed by atoms with E-state index in [2.05, 4.69) is 5.32 Å². The van der Waals surface area contributed by atoms with E-state index in [4.69, 9.17) is 4.74 Å². The van der Waals surface area contributed by atoms with Crippen LogP contribution in [-0.4, -0.2) is 78.8 Å². The van der Waals surface area contributed by atoms with Crippen LogP contribution in [0.1, 0.15) is 11.7 Å². The summed E-state index contributed by atoms with van der Waals surface area (Å²) in [5.74, 6) is 0.768. The first-order valence-corrected chi connectivity index (χ1v) is 16.0. The van der Waals surface area contributed by atoms with Crippen molar-refractivity contribution in [2.24, 2.45) is 0 Å². The highest BCUT2D eigenvalue weighted by Gasteiger charge is 2.43. The third kappa shape index (κ3) is 7.23. The molecule has 0 aliphatic carbocycles. The predicted molar refractivity (Wildman–Crippen MR) is 165 cm³/mol. The Labute approximate surface area is 254 Å². The van der Waals surface area contributed by atoms with Crippen molar-refractivity contribution in [2.45, 2.75) is 16.4 Å². The molecular formula is C31H32N4O6S2. The third-order valence-corrected chi connectivity index (χ3v) is 10.3. The second kappa shape index (κ2) is 13.4. The lowest BCUT2D eigenvalue weighted by molar-refractivity contribution is -0.136. The Morgan fingerprint density at radius 1 is 0.953 bits per heavy atom. The lowest BCUT2D eigenvalue weighted by atomic mass is 10.1. The largest absolute Gasteiger partial charge is 0.457 e. The van der Waals surface area contributed by atoms with Gasteiger partial charge >= 0.3 is 6.03 Å². The fourth-order valence-corrected chi connectivity index (χ4v) is 7.47. The number of likely N-dealkylation sites (N-methyl/N-ethyl adjacent to an activating group) is 1. The summed E-state index contributed by atoms with van der Waals surface area (Å²) in [5.41, 5.74) is 1.15. The zero-order chi connectivity index (χ0) is 30.4. The number of hydrogen-bond acceptors (Lipinski definition) is 7. The first-order chi connectivity index (χ1) is 20.7. The van der Waals surface area contributed by atoms with E-state index in [1.807, 2.05) is 36.4 Å². The molecule has 1 aliphatic rings. The number of nitrogens with one attached hydrogen (secondary N) is 1. The summed E-state index contributed by atoms with van der Waals surface area (Å²) in [5, 5.41) is 15.2. The molecule has 43 heavy (non-hydrogen) atoms.